The molecule has 0 radical (unpaired) electrons. The maximum atomic E-state index is 6.16. The predicted octanol–water partition coefficient (Wildman–Crippen LogP) is 1.84. The van der Waals surface area contributed by atoms with E-state index in [1.165, 1.54) is 6.33 Å². The van der Waals surface area contributed by atoms with Crippen molar-refractivity contribution in [1.82, 2.24) is 9.97 Å². The lowest BCUT2D eigenvalue weighted by molar-refractivity contribution is 0.411. The van der Waals surface area contributed by atoms with E-state index in [0.717, 1.165) is 22.4 Å². The average molecular weight is 229 g/mol. The van der Waals surface area contributed by atoms with E-state index >= 15 is 0 Å². The van der Waals surface area contributed by atoms with Crippen molar-refractivity contribution in [1.29, 1.82) is 0 Å². The van der Waals surface area contributed by atoms with Gasteiger partial charge in [-0.05, 0) is 24.1 Å². The molecule has 1 heterocycles. The molecule has 1 unspecified atom stereocenters. The van der Waals surface area contributed by atoms with Crippen LogP contribution >= 0.6 is 0 Å². The lowest BCUT2D eigenvalue weighted by atomic mass is 10.00. The monoisotopic (exact) mass is 229 g/mol. The summed E-state index contributed by atoms with van der Waals surface area (Å²) in [6.45, 7) is 2.00. The molecular formula is C13H15N3O. The van der Waals surface area contributed by atoms with E-state index in [1.54, 1.807) is 19.5 Å². The average Bonchev–Trinajstić information content (AvgIpc) is 2.39. The molecule has 4 nitrogen and oxygen atoms in total. The van der Waals surface area contributed by atoms with Crippen molar-refractivity contribution in [3.8, 4) is 5.75 Å². The first-order valence-electron chi connectivity index (χ1n) is 5.37. The summed E-state index contributed by atoms with van der Waals surface area (Å²) in [5.74, 6) is 0.866. The molecule has 0 amide bonds. The van der Waals surface area contributed by atoms with Crippen LogP contribution in [0.2, 0.25) is 0 Å². The summed E-state index contributed by atoms with van der Waals surface area (Å²) in [5, 5.41) is 0. The Morgan fingerprint density at radius 1 is 1.18 bits per heavy atom. The van der Waals surface area contributed by atoms with Crippen molar-refractivity contribution in [3.63, 3.8) is 0 Å². The minimum absolute atomic E-state index is 0.208. The molecule has 17 heavy (non-hydrogen) atoms. The normalized spacial score (nSPS) is 12.2. The van der Waals surface area contributed by atoms with Crippen LogP contribution in [-0.2, 0) is 0 Å². The molecule has 1 aromatic carbocycles. The molecule has 0 aliphatic heterocycles. The Balaban J connectivity index is 2.32. The molecule has 0 saturated carbocycles. The topological polar surface area (TPSA) is 61.0 Å². The van der Waals surface area contributed by atoms with Gasteiger partial charge in [0, 0.05) is 18.0 Å². The lowest BCUT2D eigenvalue weighted by Gasteiger charge is -2.13. The Morgan fingerprint density at radius 2 is 1.88 bits per heavy atom. The summed E-state index contributed by atoms with van der Waals surface area (Å²) in [6, 6.07) is 5.70. The van der Waals surface area contributed by atoms with E-state index in [-0.39, 0.29) is 6.04 Å². The van der Waals surface area contributed by atoms with Gasteiger partial charge in [-0.15, -0.1) is 0 Å². The Kier molecular flexibility index (Phi) is 3.35. The highest BCUT2D eigenvalue weighted by Crippen LogP contribution is 2.24. The third-order valence-corrected chi connectivity index (χ3v) is 2.72. The molecule has 0 spiro atoms. The predicted molar refractivity (Wildman–Crippen MR) is 65.8 cm³/mol. The van der Waals surface area contributed by atoms with Crippen molar-refractivity contribution < 1.29 is 4.74 Å². The van der Waals surface area contributed by atoms with Crippen molar-refractivity contribution in [2.45, 2.75) is 13.0 Å². The Hall–Kier alpha value is -1.94. The summed E-state index contributed by atoms with van der Waals surface area (Å²) in [5.41, 5.74) is 9.15. The van der Waals surface area contributed by atoms with Crippen molar-refractivity contribution >= 4 is 0 Å². The Bertz CT molecular complexity index is 499. The van der Waals surface area contributed by atoms with Gasteiger partial charge in [0.15, 0.2) is 0 Å². The molecule has 4 heteroatoms. The second-order valence-corrected chi connectivity index (χ2v) is 3.88. The highest BCUT2D eigenvalue weighted by molar-refractivity contribution is 5.39. The van der Waals surface area contributed by atoms with Crippen molar-refractivity contribution in [3.05, 3.63) is 53.6 Å². The van der Waals surface area contributed by atoms with Crippen LogP contribution in [0.1, 0.15) is 22.7 Å². The van der Waals surface area contributed by atoms with E-state index in [4.69, 9.17) is 10.5 Å². The summed E-state index contributed by atoms with van der Waals surface area (Å²) < 4.78 is 5.22. The smallest absolute Gasteiger partial charge is 0.121 e. The number of nitrogens with zero attached hydrogens (tertiary/aromatic N) is 2. The lowest BCUT2D eigenvalue weighted by Crippen LogP contribution is -2.12. The quantitative estimate of drug-likeness (QED) is 0.872. The minimum atomic E-state index is -0.208. The van der Waals surface area contributed by atoms with Crippen LogP contribution in [0.25, 0.3) is 0 Å². The first-order chi connectivity index (χ1) is 8.22. The van der Waals surface area contributed by atoms with Crippen molar-refractivity contribution in [2.24, 2.45) is 5.73 Å². The molecule has 1 atom stereocenters. The number of methoxy groups -OCH3 is 1. The standard InChI is InChI=1S/C13H15N3O/c1-9-5-10(3-4-12(9)17-2)13(14)11-6-15-8-16-7-11/h3-8,13H,14H2,1-2H3. The zero-order chi connectivity index (χ0) is 12.3. The van der Waals surface area contributed by atoms with Gasteiger partial charge in [0.25, 0.3) is 0 Å². The summed E-state index contributed by atoms with van der Waals surface area (Å²) in [7, 11) is 1.66. The fraction of sp³-hybridized carbons (Fsp3) is 0.231. The third kappa shape index (κ3) is 2.42. The second-order valence-electron chi connectivity index (χ2n) is 3.88. The van der Waals surface area contributed by atoms with Gasteiger partial charge in [0.2, 0.25) is 0 Å². The number of hydrogen-bond donors (Lipinski definition) is 1. The van der Waals surface area contributed by atoms with Crippen LogP contribution in [0, 0.1) is 6.92 Å². The van der Waals surface area contributed by atoms with Crippen LogP contribution in [0.15, 0.2) is 36.9 Å². The van der Waals surface area contributed by atoms with E-state index in [1.807, 2.05) is 25.1 Å². The van der Waals surface area contributed by atoms with Crippen LogP contribution < -0.4 is 10.5 Å². The van der Waals surface area contributed by atoms with E-state index in [0.29, 0.717) is 0 Å². The van der Waals surface area contributed by atoms with Gasteiger partial charge in [-0.1, -0.05) is 12.1 Å². The largest absolute Gasteiger partial charge is 0.496 e. The van der Waals surface area contributed by atoms with Gasteiger partial charge in [-0.2, -0.15) is 0 Å². The molecule has 0 bridgehead atoms. The van der Waals surface area contributed by atoms with Crippen LogP contribution in [0.4, 0.5) is 0 Å². The molecule has 88 valence electrons. The highest BCUT2D eigenvalue weighted by Gasteiger charge is 2.10. The number of hydrogen-bond acceptors (Lipinski definition) is 4. The zero-order valence-corrected chi connectivity index (χ0v) is 9.92. The molecule has 0 saturated heterocycles. The maximum absolute atomic E-state index is 6.16. The molecule has 2 N–H and O–H groups in total. The Morgan fingerprint density at radius 3 is 2.47 bits per heavy atom. The zero-order valence-electron chi connectivity index (χ0n) is 9.92. The summed E-state index contributed by atoms with van der Waals surface area (Å²) >= 11 is 0. The number of ether oxygens (including phenoxy) is 1. The highest BCUT2D eigenvalue weighted by atomic mass is 16.5. The van der Waals surface area contributed by atoms with E-state index < -0.39 is 0 Å². The molecule has 2 rings (SSSR count). The maximum Gasteiger partial charge on any atom is 0.121 e. The molecule has 0 fully saturated rings. The van der Waals surface area contributed by atoms with Gasteiger partial charge in [0.1, 0.15) is 12.1 Å². The number of nitrogens with two attached hydrogens (primary N) is 1. The molecular weight excluding hydrogens is 214 g/mol. The summed E-state index contributed by atoms with van der Waals surface area (Å²) in [4.78, 5) is 7.94. The molecule has 2 aromatic rings. The number of benzene rings is 1. The van der Waals surface area contributed by atoms with Gasteiger partial charge in [0.05, 0.1) is 13.2 Å². The molecule has 0 aliphatic rings. The summed E-state index contributed by atoms with van der Waals surface area (Å²) in [6.07, 6.45) is 4.96. The Labute approximate surface area is 100 Å². The van der Waals surface area contributed by atoms with E-state index in [2.05, 4.69) is 9.97 Å². The number of rotatable bonds is 3. The number of aryl methyl sites for hydroxylation is 1. The molecule has 1 aromatic heterocycles. The first kappa shape index (κ1) is 11.5. The van der Waals surface area contributed by atoms with E-state index in [9.17, 15) is 0 Å². The second kappa shape index (κ2) is 4.93. The van der Waals surface area contributed by atoms with Crippen LogP contribution in [0.5, 0.6) is 5.75 Å². The third-order valence-electron chi connectivity index (χ3n) is 2.72. The fourth-order valence-corrected chi connectivity index (χ4v) is 1.76. The van der Waals surface area contributed by atoms with Crippen molar-refractivity contribution in [2.75, 3.05) is 7.11 Å². The number of aromatic nitrogens is 2. The minimum Gasteiger partial charge on any atom is -0.496 e. The molecule has 0 aliphatic carbocycles. The van der Waals surface area contributed by atoms with Gasteiger partial charge >= 0.3 is 0 Å². The SMILES string of the molecule is COc1ccc(C(N)c2cncnc2)cc1C. The van der Waals surface area contributed by atoms with Gasteiger partial charge in [-0.25, -0.2) is 9.97 Å². The fourth-order valence-electron chi connectivity index (χ4n) is 1.76. The van der Waals surface area contributed by atoms with Crippen LogP contribution in [-0.4, -0.2) is 17.1 Å². The van der Waals surface area contributed by atoms with Crippen LogP contribution in [0.3, 0.4) is 0 Å². The van der Waals surface area contributed by atoms with Gasteiger partial charge in [-0.3, -0.25) is 0 Å². The van der Waals surface area contributed by atoms with Gasteiger partial charge < -0.3 is 10.5 Å². The first-order valence-corrected chi connectivity index (χ1v) is 5.37.